The molecule has 2 aliphatic rings. The van der Waals surface area contributed by atoms with Crippen LogP contribution in [0.3, 0.4) is 0 Å². The topological polar surface area (TPSA) is 84.3 Å². The second kappa shape index (κ2) is 8.31. The molecule has 1 aliphatic heterocycles. The summed E-state index contributed by atoms with van der Waals surface area (Å²) in [6, 6.07) is 0.208. The molecule has 1 saturated carbocycles. The zero-order valence-electron chi connectivity index (χ0n) is 16.7. The fourth-order valence-corrected chi connectivity index (χ4v) is 6.25. The van der Waals surface area contributed by atoms with Gasteiger partial charge in [-0.05, 0) is 45.4 Å². The molecule has 1 N–H and O–H groups in total. The molecule has 1 aromatic heterocycles. The first-order valence-electron chi connectivity index (χ1n) is 10.1. The molecule has 8 heteroatoms. The molecular weight excluding hydrogens is 364 g/mol. The van der Waals surface area contributed by atoms with Gasteiger partial charge in [0.05, 0.1) is 11.4 Å². The highest BCUT2D eigenvalue weighted by atomic mass is 32.2. The van der Waals surface area contributed by atoms with Crippen LogP contribution < -0.4 is 5.32 Å². The van der Waals surface area contributed by atoms with Crippen molar-refractivity contribution in [1.29, 1.82) is 0 Å². The van der Waals surface area contributed by atoms with Crippen LogP contribution in [0.5, 0.6) is 0 Å². The van der Waals surface area contributed by atoms with Crippen LogP contribution in [0.25, 0.3) is 0 Å². The van der Waals surface area contributed by atoms with E-state index in [1.165, 1.54) is 11.1 Å². The SMILES string of the molecule is Cc1nn(CC(=O)N[C@@H]2CCCC[C@@H]2C)c(C)c1S(=O)(=O)N1CCCCC1. The summed E-state index contributed by atoms with van der Waals surface area (Å²) in [5, 5.41) is 7.49. The number of carbonyl (C=O) groups excluding carboxylic acids is 1. The van der Waals surface area contributed by atoms with Crippen LogP contribution in [0.1, 0.15) is 63.3 Å². The minimum Gasteiger partial charge on any atom is -0.351 e. The molecule has 3 rings (SSSR count). The van der Waals surface area contributed by atoms with Gasteiger partial charge in [0.1, 0.15) is 11.4 Å². The van der Waals surface area contributed by atoms with Gasteiger partial charge in [-0.2, -0.15) is 9.40 Å². The molecule has 0 aromatic carbocycles. The lowest BCUT2D eigenvalue weighted by Gasteiger charge is -2.29. The van der Waals surface area contributed by atoms with E-state index >= 15 is 0 Å². The van der Waals surface area contributed by atoms with Crippen molar-refractivity contribution in [2.24, 2.45) is 5.92 Å². The first-order chi connectivity index (χ1) is 12.8. The summed E-state index contributed by atoms with van der Waals surface area (Å²) in [4.78, 5) is 12.8. The summed E-state index contributed by atoms with van der Waals surface area (Å²) in [6.45, 7) is 6.82. The number of hydrogen-bond donors (Lipinski definition) is 1. The minimum absolute atomic E-state index is 0.0609. The first kappa shape index (κ1) is 20.3. The Kier molecular flexibility index (Phi) is 6.25. The lowest BCUT2D eigenvalue weighted by atomic mass is 9.86. The highest BCUT2D eigenvalue weighted by molar-refractivity contribution is 7.89. The monoisotopic (exact) mass is 396 g/mol. The van der Waals surface area contributed by atoms with Crippen LogP contribution in [0.4, 0.5) is 0 Å². The van der Waals surface area contributed by atoms with Crippen LogP contribution in [0, 0.1) is 19.8 Å². The molecule has 0 unspecified atom stereocenters. The quantitative estimate of drug-likeness (QED) is 0.828. The Morgan fingerprint density at radius 2 is 1.78 bits per heavy atom. The molecule has 2 heterocycles. The van der Waals surface area contributed by atoms with Gasteiger partial charge in [-0.1, -0.05) is 26.2 Å². The highest BCUT2D eigenvalue weighted by Gasteiger charge is 2.32. The van der Waals surface area contributed by atoms with Gasteiger partial charge in [0.25, 0.3) is 0 Å². The van der Waals surface area contributed by atoms with E-state index in [0.29, 0.717) is 30.4 Å². The smallest absolute Gasteiger partial charge is 0.246 e. The Morgan fingerprint density at radius 1 is 1.11 bits per heavy atom. The van der Waals surface area contributed by atoms with Crippen molar-refractivity contribution in [2.45, 2.75) is 83.2 Å². The molecule has 2 atom stereocenters. The van der Waals surface area contributed by atoms with Gasteiger partial charge in [-0.15, -0.1) is 0 Å². The van der Waals surface area contributed by atoms with E-state index in [0.717, 1.165) is 38.5 Å². The second-order valence-corrected chi connectivity index (χ2v) is 9.93. The van der Waals surface area contributed by atoms with Crippen molar-refractivity contribution in [3.8, 4) is 0 Å². The zero-order chi connectivity index (χ0) is 19.6. The van der Waals surface area contributed by atoms with Crippen LogP contribution in [-0.4, -0.2) is 47.5 Å². The molecule has 1 amide bonds. The average molecular weight is 397 g/mol. The Balaban J connectivity index is 1.74. The van der Waals surface area contributed by atoms with E-state index in [1.54, 1.807) is 18.2 Å². The van der Waals surface area contributed by atoms with Crippen LogP contribution in [0.15, 0.2) is 4.90 Å². The third kappa shape index (κ3) is 4.37. The number of aryl methyl sites for hydroxylation is 1. The molecule has 27 heavy (non-hydrogen) atoms. The highest BCUT2D eigenvalue weighted by Crippen LogP contribution is 2.26. The van der Waals surface area contributed by atoms with Crippen molar-refractivity contribution in [3.05, 3.63) is 11.4 Å². The Labute approximate surface area is 162 Å². The average Bonchev–Trinajstić information content (AvgIpc) is 2.91. The van der Waals surface area contributed by atoms with Crippen molar-refractivity contribution in [1.82, 2.24) is 19.4 Å². The van der Waals surface area contributed by atoms with Gasteiger partial charge in [-0.25, -0.2) is 8.42 Å². The molecule has 1 aliphatic carbocycles. The van der Waals surface area contributed by atoms with Crippen LogP contribution in [-0.2, 0) is 21.4 Å². The summed E-state index contributed by atoms with van der Waals surface area (Å²) in [5.41, 5.74) is 1.02. The van der Waals surface area contributed by atoms with Crippen LogP contribution in [0.2, 0.25) is 0 Å². The first-order valence-corrected chi connectivity index (χ1v) is 11.6. The maximum Gasteiger partial charge on any atom is 0.246 e. The van der Waals surface area contributed by atoms with Crippen molar-refractivity contribution < 1.29 is 13.2 Å². The lowest BCUT2D eigenvalue weighted by molar-refractivity contribution is -0.123. The molecule has 1 saturated heterocycles. The number of hydrogen-bond acceptors (Lipinski definition) is 4. The van der Waals surface area contributed by atoms with E-state index in [4.69, 9.17) is 0 Å². The van der Waals surface area contributed by atoms with Crippen molar-refractivity contribution >= 4 is 15.9 Å². The van der Waals surface area contributed by atoms with Gasteiger partial charge in [0, 0.05) is 19.1 Å². The van der Waals surface area contributed by atoms with E-state index in [1.807, 2.05) is 0 Å². The number of nitrogens with zero attached hydrogens (tertiary/aromatic N) is 3. The molecular formula is C19H32N4O3S. The molecule has 0 radical (unpaired) electrons. The standard InChI is InChI=1S/C19H32N4O3S/c1-14-9-5-6-10-17(14)20-18(24)13-23-16(3)19(15(2)21-23)27(25,26)22-11-7-4-8-12-22/h14,17H,4-13H2,1-3H3,(H,20,24)/t14-,17+/m0/s1. The predicted octanol–water partition coefficient (Wildman–Crippen LogP) is 2.37. The van der Waals surface area contributed by atoms with Gasteiger partial charge >= 0.3 is 0 Å². The van der Waals surface area contributed by atoms with Gasteiger partial charge in [0.15, 0.2) is 0 Å². The number of carbonyl (C=O) groups is 1. The molecule has 7 nitrogen and oxygen atoms in total. The predicted molar refractivity (Wildman–Crippen MR) is 104 cm³/mol. The minimum atomic E-state index is -3.56. The maximum absolute atomic E-state index is 13.1. The molecule has 0 bridgehead atoms. The summed E-state index contributed by atoms with van der Waals surface area (Å²) in [5.74, 6) is 0.388. The number of rotatable bonds is 5. The summed E-state index contributed by atoms with van der Waals surface area (Å²) in [6.07, 6.45) is 7.39. The fourth-order valence-electron chi connectivity index (χ4n) is 4.36. The van der Waals surface area contributed by atoms with Crippen molar-refractivity contribution in [3.63, 3.8) is 0 Å². The third-order valence-corrected chi connectivity index (χ3v) is 8.13. The number of amides is 1. The molecule has 0 spiro atoms. The zero-order valence-corrected chi connectivity index (χ0v) is 17.5. The van der Waals surface area contributed by atoms with Crippen LogP contribution >= 0.6 is 0 Å². The Hall–Kier alpha value is -1.41. The third-order valence-electron chi connectivity index (χ3n) is 5.98. The summed E-state index contributed by atoms with van der Waals surface area (Å²) in [7, 11) is -3.56. The normalized spacial score (nSPS) is 24.7. The number of sulfonamides is 1. The Morgan fingerprint density at radius 3 is 2.44 bits per heavy atom. The van der Waals surface area contributed by atoms with E-state index < -0.39 is 10.0 Å². The van der Waals surface area contributed by atoms with Gasteiger partial charge in [0.2, 0.25) is 15.9 Å². The molecule has 152 valence electrons. The van der Waals surface area contributed by atoms with E-state index in [2.05, 4.69) is 17.3 Å². The second-order valence-electron chi connectivity index (χ2n) is 8.06. The summed E-state index contributed by atoms with van der Waals surface area (Å²) < 4.78 is 29.2. The largest absolute Gasteiger partial charge is 0.351 e. The van der Waals surface area contributed by atoms with Gasteiger partial charge in [-0.3, -0.25) is 9.48 Å². The number of aromatic nitrogens is 2. The molecule has 1 aromatic rings. The summed E-state index contributed by atoms with van der Waals surface area (Å²) >= 11 is 0. The maximum atomic E-state index is 13.1. The fraction of sp³-hybridized carbons (Fsp3) is 0.789. The number of piperidine rings is 1. The van der Waals surface area contributed by atoms with E-state index in [-0.39, 0.29) is 23.4 Å². The van der Waals surface area contributed by atoms with Gasteiger partial charge < -0.3 is 5.32 Å². The van der Waals surface area contributed by atoms with E-state index in [9.17, 15) is 13.2 Å². The lowest BCUT2D eigenvalue weighted by Crippen LogP contribution is -2.42. The Bertz CT molecular complexity index is 781. The van der Waals surface area contributed by atoms with Crippen molar-refractivity contribution in [2.75, 3.05) is 13.1 Å². The molecule has 2 fully saturated rings. The number of nitrogens with one attached hydrogen (secondary N) is 1.